The number of carboxylic acid groups (broad SMARTS) is 1. The Kier molecular flexibility index (Phi) is 6.16. The summed E-state index contributed by atoms with van der Waals surface area (Å²) in [4.78, 5) is 27.4. The number of imidazole rings is 1. The normalized spacial score (nSPS) is 15.0. The maximum atomic E-state index is 13.6. The summed E-state index contributed by atoms with van der Waals surface area (Å²) < 4.78 is 20.9. The zero-order valence-corrected chi connectivity index (χ0v) is 20.0. The van der Waals surface area contributed by atoms with Gasteiger partial charge >= 0.3 is 5.97 Å². The summed E-state index contributed by atoms with van der Waals surface area (Å²) >= 11 is 5.91. The van der Waals surface area contributed by atoms with Crippen LogP contribution in [0.4, 0.5) is 16.0 Å². The SMILES string of the molecule is Cc1cc(C(C)Nc2ccc(Cl)nc2C(=O)O)c2nc(N3CCOCC3)n3cc(CF)nc3c2c1. The number of nitrogens with one attached hydrogen (secondary N) is 1. The fourth-order valence-corrected chi connectivity index (χ4v) is 4.58. The van der Waals surface area contributed by atoms with Crippen LogP contribution in [0.2, 0.25) is 5.15 Å². The van der Waals surface area contributed by atoms with Gasteiger partial charge in [-0.2, -0.15) is 0 Å². The summed E-state index contributed by atoms with van der Waals surface area (Å²) in [5.74, 6) is -0.512. The van der Waals surface area contributed by atoms with Gasteiger partial charge in [0.05, 0.1) is 36.2 Å². The first-order chi connectivity index (χ1) is 16.9. The molecule has 0 amide bonds. The Balaban J connectivity index is 1.68. The van der Waals surface area contributed by atoms with Crippen molar-refractivity contribution in [3.05, 3.63) is 58.1 Å². The van der Waals surface area contributed by atoms with Crippen LogP contribution in [0.5, 0.6) is 0 Å². The van der Waals surface area contributed by atoms with Crippen molar-refractivity contribution < 1.29 is 19.0 Å². The zero-order chi connectivity index (χ0) is 24.7. The van der Waals surface area contributed by atoms with Gasteiger partial charge in [-0.3, -0.25) is 4.40 Å². The van der Waals surface area contributed by atoms with Gasteiger partial charge in [-0.25, -0.2) is 24.1 Å². The molecule has 9 nitrogen and oxygen atoms in total. The molecule has 0 bridgehead atoms. The van der Waals surface area contributed by atoms with E-state index in [1.165, 1.54) is 0 Å². The highest BCUT2D eigenvalue weighted by atomic mass is 35.5. The third-order valence-electron chi connectivity index (χ3n) is 6.04. The number of benzene rings is 1. The van der Waals surface area contributed by atoms with Gasteiger partial charge in [0.25, 0.3) is 0 Å². The number of rotatable bonds is 6. The highest BCUT2D eigenvalue weighted by Crippen LogP contribution is 2.33. The highest BCUT2D eigenvalue weighted by Gasteiger charge is 2.23. The predicted octanol–water partition coefficient (Wildman–Crippen LogP) is 4.42. The molecule has 0 aliphatic carbocycles. The number of aromatic carboxylic acids is 1. The quantitative estimate of drug-likeness (QED) is 0.376. The van der Waals surface area contributed by atoms with E-state index in [4.69, 9.17) is 21.3 Å². The molecule has 2 N–H and O–H groups in total. The van der Waals surface area contributed by atoms with Crippen molar-refractivity contribution in [3.8, 4) is 0 Å². The van der Waals surface area contributed by atoms with E-state index in [-0.39, 0.29) is 16.9 Å². The fraction of sp³-hybridized carbons (Fsp3) is 0.333. The number of anilines is 2. The molecule has 1 unspecified atom stereocenters. The van der Waals surface area contributed by atoms with E-state index >= 15 is 0 Å². The molecule has 0 saturated carbocycles. The summed E-state index contributed by atoms with van der Waals surface area (Å²) in [6, 6.07) is 6.80. The Hall–Kier alpha value is -3.50. The molecule has 5 rings (SSSR count). The first kappa shape index (κ1) is 23.3. The fourth-order valence-electron chi connectivity index (χ4n) is 4.43. The van der Waals surface area contributed by atoms with Gasteiger partial charge in [0.1, 0.15) is 17.5 Å². The number of fused-ring (bicyclic) bond motifs is 3. The molecule has 11 heteroatoms. The number of halogens is 2. The van der Waals surface area contributed by atoms with Gasteiger partial charge in [-0.1, -0.05) is 17.7 Å². The molecule has 4 aromatic rings. The van der Waals surface area contributed by atoms with Crippen LogP contribution in [0.3, 0.4) is 0 Å². The molecule has 3 aromatic heterocycles. The average Bonchev–Trinajstić information content (AvgIpc) is 3.29. The Morgan fingerprint density at radius 1 is 1.26 bits per heavy atom. The van der Waals surface area contributed by atoms with E-state index in [0.717, 1.165) is 16.5 Å². The van der Waals surface area contributed by atoms with Gasteiger partial charge in [0, 0.05) is 30.2 Å². The number of nitrogens with zero attached hydrogens (tertiary/aromatic N) is 5. The molecule has 4 heterocycles. The molecule has 182 valence electrons. The number of hydrogen-bond donors (Lipinski definition) is 2. The zero-order valence-electron chi connectivity index (χ0n) is 19.3. The molecule has 0 spiro atoms. The number of hydrogen-bond acceptors (Lipinski definition) is 7. The molecule has 1 atom stereocenters. The molecule has 1 aliphatic heterocycles. The summed E-state index contributed by atoms with van der Waals surface area (Å²) in [5.41, 5.74) is 3.68. The summed E-state index contributed by atoms with van der Waals surface area (Å²) in [7, 11) is 0. The van der Waals surface area contributed by atoms with Crippen molar-refractivity contribution in [1.82, 2.24) is 19.4 Å². The molecule has 0 radical (unpaired) electrons. The lowest BCUT2D eigenvalue weighted by atomic mass is 10.0. The summed E-state index contributed by atoms with van der Waals surface area (Å²) in [5, 5.41) is 13.7. The lowest BCUT2D eigenvalue weighted by molar-refractivity contribution is 0.0691. The third-order valence-corrected chi connectivity index (χ3v) is 6.25. The van der Waals surface area contributed by atoms with Crippen LogP contribution in [0.1, 0.15) is 40.3 Å². The van der Waals surface area contributed by atoms with Crippen molar-refractivity contribution in [2.45, 2.75) is 26.6 Å². The number of ether oxygens (including phenoxy) is 1. The Bertz CT molecular complexity index is 1440. The number of carboxylic acids is 1. The Labute approximate surface area is 205 Å². The van der Waals surface area contributed by atoms with E-state index in [0.29, 0.717) is 54.8 Å². The van der Waals surface area contributed by atoms with Gasteiger partial charge < -0.3 is 20.1 Å². The minimum absolute atomic E-state index is 0.101. The average molecular weight is 499 g/mol. The van der Waals surface area contributed by atoms with Gasteiger partial charge in [-0.05, 0) is 37.6 Å². The van der Waals surface area contributed by atoms with Crippen molar-refractivity contribution in [2.24, 2.45) is 0 Å². The van der Waals surface area contributed by atoms with Crippen LogP contribution < -0.4 is 10.2 Å². The second-order valence-corrected chi connectivity index (χ2v) is 8.91. The monoisotopic (exact) mass is 498 g/mol. The molecular formula is C24H24ClFN6O3. The number of morpholine rings is 1. The second kappa shape index (κ2) is 9.27. The van der Waals surface area contributed by atoms with E-state index in [1.807, 2.05) is 30.4 Å². The van der Waals surface area contributed by atoms with E-state index in [2.05, 4.69) is 20.2 Å². The van der Waals surface area contributed by atoms with Crippen molar-refractivity contribution >= 4 is 45.8 Å². The predicted molar refractivity (Wildman–Crippen MR) is 131 cm³/mol. The Morgan fingerprint density at radius 2 is 2.03 bits per heavy atom. The van der Waals surface area contributed by atoms with Gasteiger partial charge in [0.15, 0.2) is 5.69 Å². The molecule has 1 aliphatic rings. The lowest BCUT2D eigenvalue weighted by Gasteiger charge is -2.29. The highest BCUT2D eigenvalue weighted by molar-refractivity contribution is 6.29. The maximum absolute atomic E-state index is 13.6. The van der Waals surface area contributed by atoms with Gasteiger partial charge in [-0.15, -0.1) is 0 Å². The number of aromatic nitrogens is 4. The van der Waals surface area contributed by atoms with Crippen molar-refractivity contribution in [1.29, 1.82) is 0 Å². The summed E-state index contributed by atoms with van der Waals surface area (Å²) in [6.45, 7) is 5.68. The smallest absolute Gasteiger partial charge is 0.356 e. The van der Waals surface area contributed by atoms with Crippen molar-refractivity contribution in [3.63, 3.8) is 0 Å². The van der Waals surface area contributed by atoms with Crippen LogP contribution in [-0.4, -0.2) is 56.7 Å². The second-order valence-electron chi connectivity index (χ2n) is 8.52. The minimum atomic E-state index is -1.18. The van der Waals surface area contributed by atoms with Crippen LogP contribution in [0, 0.1) is 6.92 Å². The lowest BCUT2D eigenvalue weighted by Crippen LogP contribution is -2.38. The molecular weight excluding hydrogens is 475 g/mol. The van der Waals surface area contributed by atoms with E-state index in [9.17, 15) is 14.3 Å². The number of alkyl halides is 1. The third kappa shape index (κ3) is 4.35. The Morgan fingerprint density at radius 3 is 2.74 bits per heavy atom. The first-order valence-corrected chi connectivity index (χ1v) is 11.6. The number of aryl methyl sites for hydroxylation is 1. The van der Waals surface area contributed by atoms with Crippen LogP contribution in [0.15, 0.2) is 30.5 Å². The molecule has 35 heavy (non-hydrogen) atoms. The van der Waals surface area contributed by atoms with Crippen LogP contribution in [0.25, 0.3) is 16.6 Å². The number of carbonyl (C=O) groups is 1. The van der Waals surface area contributed by atoms with Crippen LogP contribution in [-0.2, 0) is 11.4 Å². The maximum Gasteiger partial charge on any atom is 0.356 e. The topological polar surface area (TPSA) is 105 Å². The van der Waals surface area contributed by atoms with Crippen LogP contribution >= 0.6 is 11.6 Å². The van der Waals surface area contributed by atoms with Gasteiger partial charge in [0.2, 0.25) is 5.95 Å². The molecule has 1 fully saturated rings. The number of pyridine rings is 1. The first-order valence-electron chi connectivity index (χ1n) is 11.2. The minimum Gasteiger partial charge on any atom is -0.476 e. The van der Waals surface area contributed by atoms with E-state index in [1.54, 1.807) is 18.3 Å². The summed E-state index contributed by atoms with van der Waals surface area (Å²) in [6.07, 6.45) is 1.69. The molecule has 1 saturated heterocycles. The standard InChI is InChI=1S/C24H24ClFN6O3/c1-13-9-16(14(2)27-18-3-4-19(25)29-21(18)23(33)34)20-17(10-13)22-28-15(11-26)12-32(22)24(30-20)31-5-7-35-8-6-31/h3-4,9-10,12,14,27H,5-8,11H2,1-2H3,(H,33,34). The molecule has 1 aromatic carbocycles. The van der Waals surface area contributed by atoms with E-state index < -0.39 is 12.6 Å². The van der Waals surface area contributed by atoms with Crippen molar-refractivity contribution in [2.75, 3.05) is 36.5 Å². The largest absolute Gasteiger partial charge is 0.476 e.